The van der Waals surface area contributed by atoms with Crippen molar-refractivity contribution in [3.8, 4) is 11.5 Å². The average Bonchev–Trinajstić information content (AvgIpc) is 3.33. The SMILES string of the molecule is O=C(O)C(F)(F)F.O=C(O)C(F)(F)F.c1ccc(CNCc2ccc(Oc3ccc4nc[nH]c4c3)cc2)nc1. The molecular weight excluding hydrogens is 538 g/mol. The van der Waals surface area contributed by atoms with Gasteiger partial charge in [-0.1, -0.05) is 18.2 Å². The molecule has 0 spiro atoms. The number of carbonyl (C=O) groups is 2. The van der Waals surface area contributed by atoms with Crippen LogP contribution in [0.5, 0.6) is 11.5 Å². The van der Waals surface area contributed by atoms with Crippen LogP contribution in [-0.2, 0) is 22.7 Å². The molecule has 4 rings (SSSR count). The van der Waals surface area contributed by atoms with Gasteiger partial charge in [0, 0.05) is 25.4 Å². The number of alkyl halides is 6. The Balaban J connectivity index is 0.000000317. The van der Waals surface area contributed by atoms with Crippen molar-refractivity contribution in [2.45, 2.75) is 25.4 Å². The molecule has 0 saturated heterocycles. The number of pyridine rings is 1. The molecular formula is C24H20F6N4O5. The predicted molar refractivity (Wildman–Crippen MR) is 125 cm³/mol. The minimum atomic E-state index is -5.08. The maximum absolute atomic E-state index is 10.6. The van der Waals surface area contributed by atoms with Crippen molar-refractivity contribution in [2.75, 3.05) is 0 Å². The summed E-state index contributed by atoms with van der Waals surface area (Å²) in [6.07, 6.45) is -6.68. The van der Waals surface area contributed by atoms with E-state index in [0.717, 1.165) is 41.3 Å². The molecule has 0 amide bonds. The van der Waals surface area contributed by atoms with E-state index in [4.69, 9.17) is 24.5 Å². The Morgan fingerprint density at radius 3 is 1.95 bits per heavy atom. The molecule has 2 aromatic carbocycles. The zero-order chi connectivity index (χ0) is 29.1. The van der Waals surface area contributed by atoms with E-state index in [-0.39, 0.29) is 0 Å². The number of carboxylic acids is 2. The first-order valence-electron chi connectivity index (χ1n) is 10.7. The molecule has 0 radical (unpaired) electrons. The number of H-pyrrole nitrogens is 1. The summed E-state index contributed by atoms with van der Waals surface area (Å²) < 4.78 is 69.4. The van der Waals surface area contributed by atoms with Crippen LogP contribution in [0.2, 0.25) is 0 Å². The van der Waals surface area contributed by atoms with E-state index in [0.29, 0.717) is 0 Å². The number of hydrogen-bond acceptors (Lipinski definition) is 6. The number of imidazole rings is 1. The number of aromatic amines is 1. The number of ether oxygens (including phenoxy) is 1. The third-order valence-electron chi connectivity index (χ3n) is 4.40. The first-order chi connectivity index (χ1) is 18.3. The Bertz CT molecular complexity index is 1320. The van der Waals surface area contributed by atoms with Crippen LogP contribution in [0.3, 0.4) is 0 Å². The number of halogens is 6. The molecule has 0 unspecified atom stereocenters. The van der Waals surface area contributed by atoms with Crippen molar-refractivity contribution in [1.29, 1.82) is 0 Å². The van der Waals surface area contributed by atoms with Gasteiger partial charge in [-0.15, -0.1) is 0 Å². The second-order valence-electron chi connectivity index (χ2n) is 7.36. The zero-order valence-electron chi connectivity index (χ0n) is 19.6. The summed E-state index contributed by atoms with van der Waals surface area (Å²) >= 11 is 0. The predicted octanol–water partition coefficient (Wildman–Crippen LogP) is 5.31. The molecule has 0 aliphatic rings. The highest BCUT2D eigenvalue weighted by atomic mass is 19.4. The van der Waals surface area contributed by atoms with Gasteiger partial charge in [-0.05, 0) is 42.0 Å². The summed E-state index contributed by atoms with van der Waals surface area (Å²) in [5, 5.41) is 17.6. The number of benzene rings is 2. The Kier molecular flexibility index (Phi) is 10.8. The maximum atomic E-state index is 10.6. The van der Waals surface area contributed by atoms with E-state index in [9.17, 15) is 26.3 Å². The molecule has 2 aromatic heterocycles. The minimum Gasteiger partial charge on any atom is -0.475 e. The monoisotopic (exact) mass is 558 g/mol. The van der Waals surface area contributed by atoms with Gasteiger partial charge in [-0.25, -0.2) is 14.6 Å². The highest BCUT2D eigenvalue weighted by Gasteiger charge is 2.38. The number of hydrogen-bond donors (Lipinski definition) is 4. The molecule has 0 aliphatic heterocycles. The van der Waals surface area contributed by atoms with E-state index >= 15 is 0 Å². The van der Waals surface area contributed by atoms with Crippen LogP contribution in [-0.4, -0.2) is 49.5 Å². The molecule has 0 fully saturated rings. The molecule has 15 heteroatoms. The van der Waals surface area contributed by atoms with Gasteiger partial charge in [0.25, 0.3) is 0 Å². The lowest BCUT2D eigenvalue weighted by atomic mass is 10.2. The van der Waals surface area contributed by atoms with Gasteiger partial charge in [0.05, 0.1) is 23.1 Å². The second-order valence-corrected chi connectivity index (χ2v) is 7.36. The van der Waals surface area contributed by atoms with E-state index in [1.165, 1.54) is 5.56 Å². The van der Waals surface area contributed by atoms with Crippen molar-refractivity contribution >= 4 is 23.0 Å². The normalized spacial score (nSPS) is 11.0. The standard InChI is InChI=1S/C20H18N4O.2C2HF3O2/c1-2-10-22-16(3-1)13-21-12-15-4-6-17(7-5-15)25-18-8-9-19-20(11-18)24-14-23-19;2*3-2(4,5)1(6)7/h1-11,14,21H,12-13H2,(H,23,24);2*(H,6,7). The quantitative estimate of drug-likeness (QED) is 0.234. The number of nitrogens with one attached hydrogen (secondary N) is 2. The molecule has 4 N–H and O–H groups in total. The van der Waals surface area contributed by atoms with Gasteiger partial charge in [0.15, 0.2) is 0 Å². The molecule has 2 heterocycles. The van der Waals surface area contributed by atoms with Crippen LogP contribution in [0.1, 0.15) is 11.3 Å². The summed E-state index contributed by atoms with van der Waals surface area (Å²) in [6.45, 7) is 1.54. The van der Waals surface area contributed by atoms with Crippen molar-refractivity contribution in [2.24, 2.45) is 0 Å². The van der Waals surface area contributed by atoms with Crippen molar-refractivity contribution in [3.63, 3.8) is 0 Å². The minimum absolute atomic E-state index is 0.753. The molecule has 9 nitrogen and oxygen atoms in total. The molecule has 4 aromatic rings. The van der Waals surface area contributed by atoms with Gasteiger partial charge in [-0.3, -0.25) is 4.98 Å². The highest BCUT2D eigenvalue weighted by molar-refractivity contribution is 5.76. The topological polar surface area (TPSA) is 137 Å². The zero-order valence-corrected chi connectivity index (χ0v) is 19.6. The first kappa shape index (κ1) is 30.6. The summed E-state index contributed by atoms with van der Waals surface area (Å²) in [5.74, 6) is -3.91. The average molecular weight is 558 g/mol. The van der Waals surface area contributed by atoms with Crippen LogP contribution in [0.25, 0.3) is 11.0 Å². The summed E-state index contributed by atoms with van der Waals surface area (Å²) in [5.41, 5.74) is 4.14. The Hall–Kier alpha value is -4.66. The Labute approximate surface area is 216 Å². The van der Waals surface area contributed by atoms with E-state index in [1.54, 1.807) is 6.33 Å². The third kappa shape index (κ3) is 11.1. The lowest BCUT2D eigenvalue weighted by molar-refractivity contribution is -0.193. The van der Waals surface area contributed by atoms with Crippen molar-refractivity contribution in [1.82, 2.24) is 20.3 Å². The van der Waals surface area contributed by atoms with Gasteiger partial charge in [0.1, 0.15) is 11.5 Å². The molecule has 0 aliphatic carbocycles. The van der Waals surface area contributed by atoms with Crippen LogP contribution >= 0.6 is 0 Å². The van der Waals surface area contributed by atoms with Crippen LogP contribution in [0.4, 0.5) is 26.3 Å². The number of fused-ring (bicyclic) bond motifs is 1. The highest BCUT2D eigenvalue weighted by Crippen LogP contribution is 2.24. The molecule has 39 heavy (non-hydrogen) atoms. The summed E-state index contributed by atoms with van der Waals surface area (Å²) in [7, 11) is 0. The van der Waals surface area contributed by atoms with Crippen LogP contribution < -0.4 is 10.1 Å². The van der Waals surface area contributed by atoms with E-state index < -0.39 is 24.3 Å². The summed E-state index contributed by atoms with van der Waals surface area (Å²) in [4.78, 5) is 29.4. The van der Waals surface area contributed by atoms with E-state index in [1.807, 2.05) is 54.7 Å². The largest absolute Gasteiger partial charge is 0.490 e. The van der Waals surface area contributed by atoms with Gasteiger partial charge < -0.3 is 25.3 Å². The molecule has 208 valence electrons. The Morgan fingerprint density at radius 2 is 1.41 bits per heavy atom. The fourth-order valence-electron chi connectivity index (χ4n) is 2.63. The second kappa shape index (κ2) is 13.8. The van der Waals surface area contributed by atoms with Crippen LogP contribution in [0, 0.1) is 0 Å². The van der Waals surface area contributed by atoms with Crippen LogP contribution in [0.15, 0.2) is 73.2 Å². The Morgan fingerprint density at radius 1 is 0.821 bits per heavy atom. The molecule has 0 bridgehead atoms. The van der Waals surface area contributed by atoms with Crippen molar-refractivity contribution < 1.29 is 50.9 Å². The van der Waals surface area contributed by atoms with Gasteiger partial charge in [0.2, 0.25) is 0 Å². The maximum Gasteiger partial charge on any atom is 0.490 e. The van der Waals surface area contributed by atoms with Gasteiger partial charge in [-0.2, -0.15) is 26.3 Å². The fourth-order valence-corrected chi connectivity index (χ4v) is 2.63. The fraction of sp³-hybridized carbons (Fsp3) is 0.167. The van der Waals surface area contributed by atoms with Crippen molar-refractivity contribution in [3.05, 3.63) is 84.4 Å². The third-order valence-corrected chi connectivity index (χ3v) is 4.40. The molecule has 0 atom stereocenters. The number of aromatic nitrogens is 3. The number of nitrogens with zero attached hydrogens (tertiary/aromatic N) is 2. The lowest BCUT2D eigenvalue weighted by Crippen LogP contribution is -2.21. The van der Waals surface area contributed by atoms with E-state index in [2.05, 4.69) is 32.4 Å². The number of rotatable bonds is 6. The smallest absolute Gasteiger partial charge is 0.475 e. The first-order valence-corrected chi connectivity index (χ1v) is 10.7. The molecule has 0 saturated carbocycles. The number of aliphatic carboxylic acids is 2. The lowest BCUT2D eigenvalue weighted by Gasteiger charge is -2.08. The summed E-state index contributed by atoms with van der Waals surface area (Å²) in [6, 6.07) is 19.8. The number of carboxylic acid groups (broad SMARTS) is 2. The van der Waals surface area contributed by atoms with Gasteiger partial charge >= 0.3 is 24.3 Å².